The molecule has 0 aliphatic rings. The topological polar surface area (TPSA) is 47.3 Å². The van der Waals surface area contributed by atoms with Crippen molar-refractivity contribution in [2.24, 2.45) is 0 Å². The van der Waals surface area contributed by atoms with Gasteiger partial charge in [-0.2, -0.15) is 13.2 Å². The van der Waals surface area contributed by atoms with Gasteiger partial charge in [0.25, 0.3) is 5.78 Å². The van der Waals surface area contributed by atoms with Gasteiger partial charge in [-0.15, -0.1) is 0 Å². The van der Waals surface area contributed by atoms with Gasteiger partial charge in [0.2, 0.25) is 0 Å². The van der Waals surface area contributed by atoms with Crippen molar-refractivity contribution >= 4 is 29.2 Å². The number of ketones is 2. The smallest absolute Gasteiger partial charge is 0.455 e. The molecule has 0 bridgehead atoms. The third-order valence-corrected chi connectivity index (χ3v) is 4.04. The average Bonchev–Trinajstić information content (AvgIpc) is 3.14. The van der Waals surface area contributed by atoms with Crippen molar-refractivity contribution in [1.29, 1.82) is 0 Å². The minimum absolute atomic E-state index is 0.0343. The molecule has 0 radical (unpaired) electrons. The Morgan fingerprint density at radius 2 is 1.64 bits per heavy atom. The summed E-state index contributed by atoms with van der Waals surface area (Å²) < 4.78 is 44.5. The van der Waals surface area contributed by atoms with Gasteiger partial charge in [0, 0.05) is 16.1 Å². The molecule has 0 aliphatic heterocycles. The highest BCUT2D eigenvalue weighted by Gasteiger charge is 2.43. The van der Waals surface area contributed by atoms with E-state index in [1.54, 1.807) is 30.3 Å². The molecule has 142 valence electrons. The fourth-order valence-electron chi connectivity index (χ4n) is 2.50. The molecular formula is C21H12ClF3O3. The normalized spacial score (nSPS) is 12.1. The van der Waals surface area contributed by atoms with Crippen LogP contribution in [0.25, 0.3) is 17.4 Å². The van der Waals surface area contributed by atoms with Crippen LogP contribution in [-0.2, 0) is 4.79 Å². The van der Waals surface area contributed by atoms with Crippen LogP contribution < -0.4 is 0 Å². The largest absolute Gasteiger partial charge is 0.457 e. The fraction of sp³-hybridized carbons (Fsp3) is 0.0476. The molecule has 3 nitrogen and oxygen atoms in total. The van der Waals surface area contributed by atoms with Gasteiger partial charge < -0.3 is 4.42 Å². The predicted octanol–water partition coefficient (Wildman–Crippen LogP) is 6.00. The Hall–Kier alpha value is -3.12. The van der Waals surface area contributed by atoms with Crippen LogP contribution in [0.2, 0.25) is 5.02 Å². The molecule has 0 saturated heterocycles. The molecule has 0 saturated carbocycles. The second-order valence-corrected chi connectivity index (χ2v) is 6.23. The first-order valence-corrected chi connectivity index (χ1v) is 8.42. The summed E-state index contributed by atoms with van der Waals surface area (Å²) in [6.07, 6.45) is -4.39. The van der Waals surface area contributed by atoms with Crippen molar-refractivity contribution in [3.63, 3.8) is 0 Å². The van der Waals surface area contributed by atoms with Gasteiger partial charge in [0.05, 0.1) is 5.57 Å². The third kappa shape index (κ3) is 4.40. The van der Waals surface area contributed by atoms with E-state index in [0.29, 0.717) is 16.3 Å². The maximum Gasteiger partial charge on any atom is 0.455 e. The van der Waals surface area contributed by atoms with Gasteiger partial charge >= 0.3 is 6.18 Å². The summed E-state index contributed by atoms with van der Waals surface area (Å²) in [4.78, 5) is 24.3. The van der Waals surface area contributed by atoms with E-state index in [0.717, 1.165) is 6.08 Å². The van der Waals surface area contributed by atoms with Gasteiger partial charge in [-0.25, -0.2) is 0 Å². The van der Waals surface area contributed by atoms with Crippen LogP contribution in [0.15, 0.2) is 76.7 Å². The fourth-order valence-corrected chi connectivity index (χ4v) is 2.69. The zero-order chi connectivity index (χ0) is 20.3. The number of benzene rings is 2. The predicted molar refractivity (Wildman–Crippen MR) is 99.0 cm³/mol. The monoisotopic (exact) mass is 404 g/mol. The Balaban J connectivity index is 2.02. The molecule has 0 N–H and O–H groups in total. The van der Waals surface area contributed by atoms with Crippen LogP contribution in [0.1, 0.15) is 16.1 Å². The van der Waals surface area contributed by atoms with Crippen LogP contribution in [0.3, 0.4) is 0 Å². The molecule has 0 fully saturated rings. The van der Waals surface area contributed by atoms with Gasteiger partial charge in [0.1, 0.15) is 11.5 Å². The van der Waals surface area contributed by atoms with E-state index < -0.39 is 23.3 Å². The number of hydrogen-bond donors (Lipinski definition) is 0. The molecule has 1 aromatic heterocycles. The third-order valence-electron chi connectivity index (χ3n) is 3.81. The van der Waals surface area contributed by atoms with E-state index >= 15 is 0 Å². The maximum absolute atomic E-state index is 13.0. The number of rotatable bonds is 5. The summed E-state index contributed by atoms with van der Waals surface area (Å²) in [5.41, 5.74) is -0.455. The van der Waals surface area contributed by atoms with Gasteiger partial charge in [-0.05, 0) is 30.3 Å². The van der Waals surface area contributed by atoms with E-state index in [1.807, 2.05) is 0 Å². The molecule has 0 spiro atoms. The minimum atomic E-state index is -5.20. The molecule has 7 heteroatoms. The SMILES string of the molecule is O=C(/C(=C/c1ccc(-c2cccc(Cl)c2)o1)C(=O)C(F)(F)F)c1ccccc1. The molecule has 3 aromatic rings. The molecule has 0 atom stereocenters. The van der Waals surface area contributed by atoms with Crippen LogP contribution in [0.5, 0.6) is 0 Å². The second-order valence-electron chi connectivity index (χ2n) is 5.79. The lowest BCUT2D eigenvalue weighted by atomic mass is 9.99. The molecule has 3 rings (SSSR count). The standard InChI is InChI=1S/C21H12ClF3O3/c22-15-8-4-7-14(11-15)18-10-9-16(28-18)12-17(20(27)21(23,24)25)19(26)13-5-2-1-3-6-13/h1-12H/b17-12-. The zero-order valence-electron chi connectivity index (χ0n) is 14.2. The summed E-state index contributed by atoms with van der Waals surface area (Å²) in [6.45, 7) is 0. The van der Waals surface area contributed by atoms with Crippen LogP contribution >= 0.6 is 11.6 Å². The first-order valence-electron chi connectivity index (χ1n) is 8.04. The van der Waals surface area contributed by atoms with Crippen LogP contribution in [-0.4, -0.2) is 17.7 Å². The molecule has 28 heavy (non-hydrogen) atoms. The summed E-state index contributed by atoms with van der Waals surface area (Å²) in [6, 6.07) is 16.8. The highest BCUT2D eigenvalue weighted by molar-refractivity contribution is 6.31. The molecule has 0 aliphatic carbocycles. The highest BCUT2D eigenvalue weighted by atomic mass is 35.5. The zero-order valence-corrected chi connectivity index (χ0v) is 14.9. The average molecular weight is 405 g/mol. The number of allylic oxidation sites excluding steroid dienone is 1. The van der Waals surface area contributed by atoms with Crippen molar-refractivity contribution < 1.29 is 27.2 Å². The molecule has 2 aromatic carbocycles. The molecule has 1 heterocycles. The highest BCUT2D eigenvalue weighted by Crippen LogP contribution is 2.28. The van der Waals surface area contributed by atoms with E-state index in [-0.39, 0.29) is 11.3 Å². The number of halogens is 4. The van der Waals surface area contributed by atoms with Crippen LogP contribution in [0.4, 0.5) is 13.2 Å². The Morgan fingerprint density at radius 3 is 2.29 bits per heavy atom. The Bertz CT molecular complexity index is 1050. The maximum atomic E-state index is 13.0. The molecule has 0 unspecified atom stereocenters. The first-order chi connectivity index (χ1) is 13.3. The van der Waals surface area contributed by atoms with Gasteiger partial charge in [0.15, 0.2) is 5.78 Å². The van der Waals surface area contributed by atoms with Crippen molar-refractivity contribution in [2.75, 3.05) is 0 Å². The van der Waals surface area contributed by atoms with Gasteiger partial charge in [-0.3, -0.25) is 9.59 Å². The van der Waals surface area contributed by atoms with Crippen LogP contribution in [0, 0.1) is 0 Å². The number of hydrogen-bond acceptors (Lipinski definition) is 3. The number of furan rings is 1. The number of carbonyl (C=O) groups excluding carboxylic acids is 2. The number of alkyl halides is 3. The van der Waals surface area contributed by atoms with Crippen molar-refractivity contribution in [3.05, 3.63) is 88.6 Å². The second kappa shape index (κ2) is 7.86. The lowest BCUT2D eigenvalue weighted by Gasteiger charge is -2.08. The Kier molecular flexibility index (Phi) is 5.51. The summed E-state index contributed by atoms with van der Waals surface area (Å²) in [5, 5.41) is 0.457. The lowest BCUT2D eigenvalue weighted by Crippen LogP contribution is -2.28. The quantitative estimate of drug-likeness (QED) is 0.227. The Labute approximate surface area is 163 Å². The first kappa shape index (κ1) is 19.6. The van der Waals surface area contributed by atoms with Gasteiger partial charge in [-0.1, -0.05) is 54.1 Å². The molecule has 0 amide bonds. The lowest BCUT2D eigenvalue weighted by molar-refractivity contribution is -0.166. The van der Waals surface area contributed by atoms with Crippen molar-refractivity contribution in [2.45, 2.75) is 6.18 Å². The van der Waals surface area contributed by atoms with E-state index in [2.05, 4.69) is 0 Å². The molecular weight excluding hydrogens is 393 g/mol. The van der Waals surface area contributed by atoms with E-state index in [1.165, 1.54) is 36.4 Å². The summed E-state index contributed by atoms with van der Waals surface area (Å²) >= 11 is 5.92. The number of carbonyl (C=O) groups is 2. The van der Waals surface area contributed by atoms with E-state index in [9.17, 15) is 22.8 Å². The Morgan fingerprint density at radius 1 is 0.929 bits per heavy atom. The summed E-state index contributed by atoms with van der Waals surface area (Å²) in [7, 11) is 0. The van der Waals surface area contributed by atoms with Crippen molar-refractivity contribution in [1.82, 2.24) is 0 Å². The minimum Gasteiger partial charge on any atom is -0.457 e. The number of Topliss-reactive ketones (excluding diaryl/α,β-unsaturated/α-hetero) is 2. The van der Waals surface area contributed by atoms with Crippen molar-refractivity contribution in [3.8, 4) is 11.3 Å². The van der Waals surface area contributed by atoms with E-state index in [4.69, 9.17) is 16.0 Å². The summed E-state index contributed by atoms with van der Waals surface area (Å²) in [5.74, 6) is -3.00.